The second kappa shape index (κ2) is 56.7. The van der Waals surface area contributed by atoms with Gasteiger partial charge >= 0.3 is 77.4 Å². The van der Waals surface area contributed by atoms with Crippen LogP contribution in [0.25, 0.3) is 0 Å². The van der Waals surface area contributed by atoms with Crippen LogP contribution >= 0.6 is 39.1 Å². The van der Waals surface area contributed by atoms with Gasteiger partial charge < -0.3 is 125 Å². The van der Waals surface area contributed by atoms with Crippen molar-refractivity contribution in [2.24, 2.45) is 0 Å². The Labute approximate surface area is 732 Å². The summed E-state index contributed by atoms with van der Waals surface area (Å²) < 4.78 is 120. The zero-order valence-corrected chi connectivity index (χ0v) is 70.7. The second-order valence-electron chi connectivity index (χ2n) is 26.6. The van der Waals surface area contributed by atoms with E-state index in [0.29, 0.717) is 51.3 Å². The van der Waals surface area contributed by atoms with E-state index in [2.05, 4.69) is 61.1 Å². The molecule has 7 aromatic carbocycles. The summed E-state index contributed by atoms with van der Waals surface area (Å²) in [4.78, 5) is 31.0. The van der Waals surface area contributed by atoms with E-state index in [4.69, 9.17) is 133 Å². The van der Waals surface area contributed by atoms with Gasteiger partial charge in [0.2, 0.25) is 5.95 Å². The highest BCUT2D eigenvalue weighted by atomic mass is 79.9. The van der Waals surface area contributed by atoms with E-state index in [-0.39, 0.29) is 76.7 Å². The molecule has 0 saturated heterocycles. The zero-order valence-electron chi connectivity index (χ0n) is 67.6. The van der Waals surface area contributed by atoms with Gasteiger partial charge in [0.25, 0.3) is 5.69 Å². The number of nitrogens with zero attached hydrogens (tertiary/aromatic N) is 4. The quantitative estimate of drug-likeness (QED) is 0.0112. The van der Waals surface area contributed by atoms with Crippen LogP contribution in [0.5, 0.6) is 17.2 Å². The number of nitro benzene ring substituents is 1. The molecule has 668 valence electrons. The highest BCUT2D eigenvalue weighted by Gasteiger charge is 2.31. The molecule has 0 fully saturated rings. The maximum Gasteiger partial charge on any atom is 0.491 e. The highest BCUT2D eigenvalue weighted by Crippen LogP contribution is 2.28. The van der Waals surface area contributed by atoms with Gasteiger partial charge in [-0.2, -0.15) is 22.0 Å². The summed E-state index contributed by atoms with van der Waals surface area (Å²) in [6.07, 6.45) is -0.152. The summed E-state index contributed by atoms with van der Waals surface area (Å²) in [5.74, 6) is -4.98. The molecule has 125 heavy (non-hydrogen) atoms. The van der Waals surface area contributed by atoms with Crippen LogP contribution in [0.1, 0.15) is 74.2 Å². The number of nitro groups is 1. The number of methoxy groups -OCH3 is 3. The first kappa shape index (κ1) is 116. The van der Waals surface area contributed by atoms with Crippen molar-refractivity contribution in [1.29, 1.82) is 0 Å². The summed E-state index contributed by atoms with van der Waals surface area (Å²) in [6, 6.07) is 37.0. The maximum atomic E-state index is 12.9. The third-order valence-corrected chi connectivity index (χ3v) is 16.3. The fraction of sp³-hybridized carbons (Fsp3) is 0.194. The Bertz CT molecular complexity index is 4740. The number of hydrogen-bond acceptors (Lipinski definition) is 30. The summed E-state index contributed by atoms with van der Waals surface area (Å²) in [5.41, 5.74) is 3.02. The Morgan fingerprint density at radius 3 is 1.26 bits per heavy atom. The Balaban J connectivity index is 0.00000137. The molecular formula is C72H85B10BrCl2F8N4O28. The van der Waals surface area contributed by atoms with Gasteiger partial charge in [0.05, 0.1) is 44.0 Å². The number of hydrogen-bond donors (Lipinski definition) is 20. The second-order valence-corrected chi connectivity index (χ2v) is 28.2. The molecule has 0 unspecified atom stereocenters. The third kappa shape index (κ3) is 43.7. The van der Waals surface area contributed by atoms with Gasteiger partial charge in [0.15, 0.2) is 29.0 Å². The van der Waals surface area contributed by atoms with Crippen molar-refractivity contribution < 1.29 is 170 Å². The normalized spacial score (nSPS) is 10.2. The van der Waals surface area contributed by atoms with Gasteiger partial charge in [-0.15, -0.1) is 0 Å². The molecule has 53 heteroatoms. The number of rotatable bonds is 17. The summed E-state index contributed by atoms with van der Waals surface area (Å²) in [5, 5.41) is 185. The molecule has 32 nitrogen and oxygen atoms in total. The van der Waals surface area contributed by atoms with Gasteiger partial charge in [0.1, 0.15) is 27.6 Å². The van der Waals surface area contributed by atoms with E-state index >= 15 is 0 Å². The standard InChI is InChI=1S/C11H17BO3.C10H15BO2.C8H9BO4.C7H6BF3O2.2C7H7BF2O3.C7H8BNO4.C5H5BBrNO2.C5H4BCl2NO2.C5H5BFNO2.H2O/c1-11(2,3)15-8-9-4-6-10(7-5-9)12(13)14;1-10(2,3)8-4-6-9(7-5-8)11(12)13;1-13-7-2-3-8(9(11)12)6(4-7)5-10;9-7(10,11)5-1-3-6(4-2-5)8(12)13;1-13-7-3-5(9)4(8(11)12)2-6(7)10;1-13-5-3-2-4(8(11)12)6(9)7(5)10;1-5-2-3-6(8(10)11)4-7(5)9(12)13;7-5-2-1-4(3-8-5)6(9)10;7-4-1-5(8)9-2-3(4)6(10)11;7-5-2-1-4(3-8-5)6(9)10;/h4-7,13-14H,8H2,1-3H3;4-7,12-13H,1-3H3;2-5,11-12H,1H3;1-4,12-13H;2*2-3,11-12H,1H3;2-4,10-11H,1H3;1-3,9-10H;1-2,10-11H;1-3,9-10H;1H2. The van der Waals surface area contributed by atoms with Crippen molar-refractivity contribution in [3.05, 3.63) is 264 Å². The zero-order chi connectivity index (χ0) is 95.0. The van der Waals surface area contributed by atoms with Gasteiger partial charge in [-0.25, -0.2) is 28.1 Å². The summed E-state index contributed by atoms with van der Waals surface area (Å²) in [6.45, 7) is 14.5. The number of pyridine rings is 3. The van der Waals surface area contributed by atoms with Crippen molar-refractivity contribution in [3.63, 3.8) is 0 Å². The van der Waals surface area contributed by atoms with Crippen LogP contribution in [-0.4, -0.2) is 230 Å². The van der Waals surface area contributed by atoms with Crippen molar-refractivity contribution in [2.45, 2.75) is 72.3 Å². The molecule has 0 saturated carbocycles. The van der Waals surface area contributed by atoms with Gasteiger partial charge in [0, 0.05) is 74.2 Å². The average molecular weight is 1870 g/mol. The SMILES string of the molecule is CC(C)(C)OCc1ccc(B(O)O)cc1.CC(C)(C)c1ccc(B(O)O)cc1.COc1cc(F)c(B(O)O)cc1F.COc1ccc(B(O)O)c(C=O)c1.COc1ccc(B(O)O)c(F)c1F.Cc1ccc(B(O)O)cc1[N+](=O)[O-].O.OB(O)c1ccc(Br)nc1.OB(O)c1ccc(C(F)(F)F)cc1.OB(O)c1ccc(F)nc1.OB(O)c1cnc(Cl)cc1Cl. The van der Waals surface area contributed by atoms with Crippen LogP contribution in [0.15, 0.2) is 187 Å². The largest absolute Gasteiger partial charge is 0.497 e. The Hall–Kier alpha value is -9.27. The van der Waals surface area contributed by atoms with Gasteiger partial charge in [-0.05, 0) is 130 Å². The minimum atomic E-state index is -4.39. The van der Waals surface area contributed by atoms with Gasteiger partial charge in [-0.1, -0.05) is 153 Å². The molecule has 0 bridgehead atoms. The first-order valence-corrected chi connectivity index (χ1v) is 36.7. The monoisotopic (exact) mass is 1860 g/mol. The highest BCUT2D eigenvalue weighted by molar-refractivity contribution is 9.10. The summed E-state index contributed by atoms with van der Waals surface area (Å²) in [7, 11) is -12.6. The lowest BCUT2D eigenvalue weighted by molar-refractivity contribution is -0.385. The molecule has 0 atom stereocenters. The Morgan fingerprint density at radius 2 is 0.880 bits per heavy atom. The molecule has 0 aliphatic rings. The molecule has 0 aliphatic carbocycles. The predicted molar refractivity (Wildman–Crippen MR) is 462 cm³/mol. The molecule has 0 amide bonds. The molecule has 0 radical (unpaired) electrons. The van der Waals surface area contributed by atoms with Crippen LogP contribution in [0.4, 0.5) is 40.8 Å². The molecule has 3 heterocycles. The molecule has 10 rings (SSSR count). The van der Waals surface area contributed by atoms with Crippen LogP contribution in [0, 0.1) is 46.3 Å². The summed E-state index contributed by atoms with van der Waals surface area (Å²) >= 11 is 14.2. The number of aryl methyl sites for hydroxylation is 1. The molecule has 0 aliphatic heterocycles. The number of benzene rings is 7. The Kier molecular flexibility index (Phi) is 52.5. The van der Waals surface area contributed by atoms with E-state index in [1.165, 1.54) is 75.7 Å². The van der Waals surface area contributed by atoms with Gasteiger partial charge in [-0.3, -0.25) is 14.9 Å². The Morgan fingerprint density at radius 1 is 0.448 bits per heavy atom. The fourth-order valence-electron chi connectivity index (χ4n) is 8.58. The van der Waals surface area contributed by atoms with Crippen molar-refractivity contribution >= 4 is 177 Å². The van der Waals surface area contributed by atoms with Crippen molar-refractivity contribution in [2.75, 3.05) is 21.3 Å². The molecular weight excluding hydrogens is 1780 g/mol. The van der Waals surface area contributed by atoms with Crippen molar-refractivity contribution in [1.82, 2.24) is 15.0 Å². The fourth-order valence-corrected chi connectivity index (χ4v) is 9.27. The van der Waals surface area contributed by atoms with E-state index in [9.17, 15) is 50.0 Å². The van der Waals surface area contributed by atoms with E-state index in [1.807, 2.05) is 45.0 Å². The molecule has 10 aromatic rings. The first-order chi connectivity index (χ1) is 57.5. The first-order valence-electron chi connectivity index (χ1n) is 35.1. The topological polar surface area (TPSA) is 572 Å². The number of alkyl halides is 3. The lowest BCUT2D eigenvalue weighted by Gasteiger charge is -2.19. The predicted octanol–water partition coefficient (Wildman–Crippen LogP) is -2.52. The minimum absolute atomic E-state index is 0. The van der Waals surface area contributed by atoms with E-state index in [1.54, 1.807) is 49.4 Å². The molecule has 0 spiro atoms. The molecule has 3 aromatic heterocycles. The number of carbonyl (C=O) groups excluding carboxylic acids is 1. The van der Waals surface area contributed by atoms with Crippen LogP contribution in [-0.2, 0) is 22.9 Å². The number of aromatic nitrogens is 3. The van der Waals surface area contributed by atoms with E-state index < -0.39 is 128 Å². The third-order valence-electron chi connectivity index (χ3n) is 15.3. The smallest absolute Gasteiger partial charge is 0.491 e. The maximum absolute atomic E-state index is 12.9. The lowest BCUT2D eigenvalue weighted by atomic mass is 9.77. The van der Waals surface area contributed by atoms with Crippen LogP contribution in [0.3, 0.4) is 0 Å². The lowest BCUT2D eigenvalue weighted by Crippen LogP contribution is -2.33. The number of carbonyl (C=O) groups is 1. The average Bonchev–Trinajstić information content (AvgIpc) is 0.825. The number of aldehydes is 1. The minimum Gasteiger partial charge on any atom is -0.497 e. The molecule has 22 N–H and O–H groups in total. The number of halogens is 11. The van der Waals surface area contributed by atoms with E-state index in [0.717, 1.165) is 66.4 Å². The van der Waals surface area contributed by atoms with Crippen LogP contribution < -0.4 is 68.8 Å². The van der Waals surface area contributed by atoms with Crippen LogP contribution in [0.2, 0.25) is 10.2 Å². The number of ether oxygens (including phenoxy) is 4. The van der Waals surface area contributed by atoms with Crippen molar-refractivity contribution in [3.8, 4) is 17.2 Å².